The fraction of sp³-hybridized carbons (Fsp3) is 0.0588. The molecule has 0 saturated heterocycles. The van der Waals surface area contributed by atoms with E-state index in [9.17, 15) is 4.79 Å². The molecule has 3 rings (SSSR count). The summed E-state index contributed by atoms with van der Waals surface area (Å²) in [7, 11) is 0. The van der Waals surface area contributed by atoms with E-state index in [1.165, 1.54) is 0 Å². The van der Waals surface area contributed by atoms with Crippen LogP contribution in [0.15, 0.2) is 42.6 Å². The first-order valence-corrected chi connectivity index (χ1v) is 6.64. The van der Waals surface area contributed by atoms with Crippen LogP contribution in [0.25, 0.3) is 16.8 Å². The van der Waals surface area contributed by atoms with Crippen LogP contribution in [0.1, 0.15) is 21.5 Å². The van der Waals surface area contributed by atoms with Crippen molar-refractivity contribution < 1.29 is 9.90 Å². The maximum Gasteiger partial charge on any atom is 0.335 e. The van der Waals surface area contributed by atoms with Crippen molar-refractivity contribution in [2.24, 2.45) is 5.73 Å². The summed E-state index contributed by atoms with van der Waals surface area (Å²) in [6.45, 7) is 1.98. The average molecular weight is 291 g/mol. The first-order valence-electron chi connectivity index (χ1n) is 6.64. The number of hydrogen-bond donors (Lipinski definition) is 2. The molecule has 0 atom stereocenters. The molecule has 0 spiro atoms. The number of carbonyl (C=O) groups is 1. The van der Waals surface area contributed by atoms with Gasteiger partial charge < -0.3 is 10.8 Å². The highest BCUT2D eigenvalue weighted by Gasteiger charge is 2.13. The van der Waals surface area contributed by atoms with Gasteiger partial charge in [-0.1, -0.05) is 12.1 Å². The molecule has 1 aromatic carbocycles. The topological polar surface area (TPSA) is 80.6 Å². The van der Waals surface area contributed by atoms with Crippen LogP contribution in [0.4, 0.5) is 0 Å². The lowest BCUT2D eigenvalue weighted by Gasteiger charge is -2.04. The van der Waals surface area contributed by atoms with Crippen molar-refractivity contribution in [1.82, 2.24) is 9.61 Å². The summed E-state index contributed by atoms with van der Waals surface area (Å²) in [5.41, 5.74) is 10.0. The van der Waals surface area contributed by atoms with E-state index in [0.717, 1.165) is 27.9 Å². The molecule has 3 aromatic rings. The van der Waals surface area contributed by atoms with Crippen molar-refractivity contribution in [3.05, 3.63) is 59.3 Å². The molecule has 0 radical (unpaired) electrons. The Morgan fingerprint density at radius 1 is 1.27 bits per heavy atom. The lowest BCUT2D eigenvalue weighted by Crippen LogP contribution is -1.97. The Kier molecular flexibility index (Phi) is 3.28. The van der Waals surface area contributed by atoms with Gasteiger partial charge in [-0.2, -0.15) is 5.10 Å². The number of aromatic carboxylic acids is 1. The monoisotopic (exact) mass is 291 g/mol. The highest BCUT2D eigenvalue weighted by Crippen LogP contribution is 2.27. The summed E-state index contributed by atoms with van der Waals surface area (Å²) in [5.74, 6) is 1.94. The first-order chi connectivity index (χ1) is 10.6. The Morgan fingerprint density at radius 3 is 2.64 bits per heavy atom. The number of aromatic nitrogens is 2. The Balaban J connectivity index is 2.24. The van der Waals surface area contributed by atoms with E-state index in [1.54, 1.807) is 35.0 Å². The summed E-state index contributed by atoms with van der Waals surface area (Å²) in [5, 5.41) is 13.3. The van der Waals surface area contributed by atoms with Crippen LogP contribution in [0.3, 0.4) is 0 Å². The van der Waals surface area contributed by atoms with Crippen LogP contribution in [0, 0.1) is 18.9 Å². The van der Waals surface area contributed by atoms with Crippen LogP contribution >= 0.6 is 0 Å². The fourth-order valence-corrected chi connectivity index (χ4v) is 2.45. The quantitative estimate of drug-likeness (QED) is 0.560. The molecule has 2 aromatic heterocycles. The van der Waals surface area contributed by atoms with Crippen LogP contribution in [-0.4, -0.2) is 20.7 Å². The second kappa shape index (κ2) is 5.26. The lowest BCUT2D eigenvalue weighted by atomic mass is 10.1. The molecule has 5 heteroatoms. The Morgan fingerprint density at radius 2 is 2.00 bits per heavy atom. The van der Waals surface area contributed by atoms with Gasteiger partial charge in [0.15, 0.2) is 0 Å². The maximum absolute atomic E-state index is 10.9. The van der Waals surface area contributed by atoms with Crippen molar-refractivity contribution >= 4 is 11.5 Å². The normalized spacial score (nSPS) is 10.2. The van der Waals surface area contributed by atoms with Gasteiger partial charge in [0, 0.05) is 17.8 Å². The zero-order valence-electron chi connectivity index (χ0n) is 11.9. The molecule has 0 unspecified atom stereocenters. The molecule has 0 aliphatic heterocycles. The number of fused-ring (bicyclic) bond motifs is 1. The summed E-state index contributed by atoms with van der Waals surface area (Å²) in [6, 6.07) is 12.9. The lowest BCUT2D eigenvalue weighted by molar-refractivity contribution is 0.0697. The fourth-order valence-electron chi connectivity index (χ4n) is 2.45. The number of aryl methyl sites for hydroxylation is 1. The molecule has 0 amide bonds. The number of rotatable bonds is 2. The van der Waals surface area contributed by atoms with E-state index in [4.69, 9.17) is 10.8 Å². The van der Waals surface area contributed by atoms with Crippen LogP contribution < -0.4 is 5.73 Å². The number of nitrogens with zero attached hydrogens (tertiary/aromatic N) is 2. The Hall–Kier alpha value is -3.26. The molecule has 5 nitrogen and oxygen atoms in total. The predicted octanol–water partition coefficient (Wildman–Crippen LogP) is 2.28. The van der Waals surface area contributed by atoms with E-state index in [-0.39, 0.29) is 5.56 Å². The highest BCUT2D eigenvalue weighted by molar-refractivity contribution is 5.88. The first kappa shape index (κ1) is 13.7. The Labute approximate surface area is 127 Å². The van der Waals surface area contributed by atoms with E-state index < -0.39 is 5.97 Å². The molecular formula is C17H13N3O2. The van der Waals surface area contributed by atoms with E-state index in [0.29, 0.717) is 0 Å². The van der Waals surface area contributed by atoms with Gasteiger partial charge in [0.05, 0.1) is 22.3 Å². The summed E-state index contributed by atoms with van der Waals surface area (Å²) in [6.07, 6.45) is 1.72. The molecule has 22 heavy (non-hydrogen) atoms. The molecule has 2 heterocycles. The van der Waals surface area contributed by atoms with Crippen molar-refractivity contribution in [2.45, 2.75) is 6.92 Å². The van der Waals surface area contributed by atoms with Crippen molar-refractivity contribution in [1.29, 1.82) is 0 Å². The summed E-state index contributed by atoms with van der Waals surface area (Å²) < 4.78 is 1.80. The molecule has 0 bridgehead atoms. The van der Waals surface area contributed by atoms with E-state index >= 15 is 0 Å². The number of carboxylic acids is 1. The van der Waals surface area contributed by atoms with Gasteiger partial charge >= 0.3 is 5.97 Å². The average Bonchev–Trinajstić information content (AvgIpc) is 2.88. The zero-order chi connectivity index (χ0) is 15.7. The number of carboxylic acid groups (broad SMARTS) is 1. The van der Waals surface area contributed by atoms with Crippen molar-refractivity contribution in [3.63, 3.8) is 0 Å². The molecule has 3 N–H and O–H groups in total. The van der Waals surface area contributed by atoms with Crippen LogP contribution in [0.5, 0.6) is 0 Å². The van der Waals surface area contributed by atoms with Crippen molar-refractivity contribution in [2.75, 3.05) is 0 Å². The van der Waals surface area contributed by atoms with Crippen molar-refractivity contribution in [3.8, 4) is 23.2 Å². The largest absolute Gasteiger partial charge is 0.478 e. The molecule has 0 fully saturated rings. The second-order valence-corrected chi connectivity index (χ2v) is 4.87. The van der Waals surface area contributed by atoms with Gasteiger partial charge in [-0.15, -0.1) is 0 Å². The van der Waals surface area contributed by atoms with Gasteiger partial charge in [-0.25, -0.2) is 9.31 Å². The molecule has 0 aliphatic rings. The summed E-state index contributed by atoms with van der Waals surface area (Å²) >= 11 is 0. The molecular weight excluding hydrogens is 278 g/mol. The third-order valence-corrected chi connectivity index (χ3v) is 3.49. The standard InChI is InChI=1S/C17H13N3O2/c1-11-7-9-19-20-15(10-14(6-8-18)16(11)20)12-2-4-13(5-3-12)17(21)22/h2-5,7,9-10H,18H2,1H3,(H,21,22). The van der Waals surface area contributed by atoms with Gasteiger partial charge in [-0.3, -0.25) is 0 Å². The Bertz CT molecular complexity index is 928. The number of hydrogen-bond acceptors (Lipinski definition) is 3. The smallest absolute Gasteiger partial charge is 0.335 e. The highest BCUT2D eigenvalue weighted by atomic mass is 16.4. The van der Waals surface area contributed by atoms with Gasteiger partial charge in [0.25, 0.3) is 0 Å². The van der Waals surface area contributed by atoms with Gasteiger partial charge in [0.1, 0.15) is 0 Å². The third kappa shape index (κ3) is 2.17. The van der Waals surface area contributed by atoms with Gasteiger partial charge in [0.2, 0.25) is 0 Å². The van der Waals surface area contributed by atoms with Crippen LogP contribution in [0.2, 0.25) is 0 Å². The summed E-state index contributed by atoms with van der Waals surface area (Å²) in [4.78, 5) is 10.9. The molecule has 0 saturated carbocycles. The second-order valence-electron chi connectivity index (χ2n) is 4.87. The minimum Gasteiger partial charge on any atom is -0.478 e. The van der Waals surface area contributed by atoms with Crippen LogP contribution in [-0.2, 0) is 0 Å². The molecule has 0 aliphatic carbocycles. The van der Waals surface area contributed by atoms with E-state index in [2.05, 4.69) is 17.1 Å². The maximum atomic E-state index is 10.9. The van der Waals surface area contributed by atoms with Gasteiger partial charge in [-0.05, 0) is 42.7 Å². The molecule has 108 valence electrons. The van der Waals surface area contributed by atoms with E-state index in [1.807, 2.05) is 19.1 Å². The zero-order valence-corrected chi connectivity index (χ0v) is 11.9. The predicted molar refractivity (Wildman–Crippen MR) is 83.4 cm³/mol. The number of benzene rings is 1. The minimum absolute atomic E-state index is 0.246. The third-order valence-electron chi connectivity index (χ3n) is 3.49. The SMILES string of the molecule is Cc1ccnn2c(-c3ccc(C(=O)O)cc3)cc(C#CN)c12. The minimum atomic E-state index is -0.949. The number of nitrogens with two attached hydrogens (primary N) is 1.